The summed E-state index contributed by atoms with van der Waals surface area (Å²) in [4.78, 5) is 3.64. The molecule has 0 radical (unpaired) electrons. The Labute approximate surface area is 109 Å². The molecule has 2 aromatic rings. The Morgan fingerprint density at radius 3 is 2.78 bits per heavy atom. The fraction of sp³-hybridized carbons (Fsp3) is 0.154. The Kier molecular flexibility index (Phi) is 3.79. The van der Waals surface area contributed by atoms with Gasteiger partial charge in [0.2, 0.25) is 0 Å². The number of hydrogen-bond donors (Lipinski definition) is 1. The van der Waals surface area contributed by atoms with Crippen LogP contribution in [0.1, 0.15) is 17.2 Å². The first kappa shape index (κ1) is 12.8. The first-order valence-corrected chi connectivity index (χ1v) is 5.62. The number of aromatic nitrogens is 1. The molecule has 0 aliphatic rings. The van der Waals surface area contributed by atoms with Crippen LogP contribution in [0.25, 0.3) is 0 Å². The Bertz CT molecular complexity index is 562. The van der Waals surface area contributed by atoms with Crippen LogP contribution in [0.4, 0.5) is 4.39 Å². The molecule has 0 aliphatic carbocycles. The Morgan fingerprint density at radius 1 is 1.33 bits per heavy atom. The van der Waals surface area contributed by atoms with Gasteiger partial charge in [-0.25, -0.2) is 4.39 Å². The summed E-state index contributed by atoms with van der Waals surface area (Å²) in [5, 5.41) is 10.6. The third-order valence-electron chi connectivity index (χ3n) is 2.58. The lowest BCUT2D eigenvalue weighted by atomic mass is 10.0. The van der Waals surface area contributed by atoms with Crippen molar-refractivity contribution in [2.45, 2.75) is 6.10 Å². The lowest BCUT2D eigenvalue weighted by Gasteiger charge is -2.15. The van der Waals surface area contributed by atoms with Gasteiger partial charge >= 0.3 is 0 Å². The first-order valence-electron chi connectivity index (χ1n) is 5.24. The predicted octanol–water partition coefficient (Wildman–Crippen LogP) is 2.96. The number of methoxy groups -OCH3 is 1. The molecule has 0 bridgehead atoms. The second-order valence-corrected chi connectivity index (χ2v) is 4.12. The lowest BCUT2D eigenvalue weighted by Crippen LogP contribution is -2.05. The van der Waals surface area contributed by atoms with Crippen LogP contribution in [0.2, 0.25) is 5.02 Å². The summed E-state index contributed by atoms with van der Waals surface area (Å²) in [6.07, 6.45) is 1.32. The van der Waals surface area contributed by atoms with Gasteiger partial charge in [0.1, 0.15) is 17.7 Å². The van der Waals surface area contributed by atoms with Gasteiger partial charge in [-0.05, 0) is 24.3 Å². The number of benzene rings is 1. The van der Waals surface area contributed by atoms with Crippen LogP contribution in [0.3, 0.4) is 0 Å². The molecule has 3 nitrogen and oxygen atoms in total. The van der Waals surface area contributed by atoms with Crippen LogP contribution in [0.15, 0.2) is 36.7 Å². The monoisotopic (exact) mass is 267 g/mol. The molecular weight excluding hydrogens is 257 g/mol. The molecule has 1 unspecified atom stereocenters. The summed E-state index contributed by atoms with van der Waals surface area (Å²) >= 11 is 5.87. The molecule has 18 heavy (non-hydrogen) atoms. The molecule has 2 rings (SSSR count). The van der Waals surface area contributed by atoms with Gasteiger partial charge in [-0.15, -0.1) is 0 Å². The van der Waals surface area contributed by atoms with E-state index in [1.807, 2.05) is 0 Å². The largest absolute Gasteiger partial charge is 0.496 e. The smallest absolute Gasteiger partial charge is 0.147 e. The minimum atomic E-state index is -1.15. The molecule has 0 saturated heterocycles. The molecule has 1 N–H and O–H groups in total. The van der Waals surface area contributed by atoms with Crippen LogP contribution in [-0.4, -0.2) is 17.2 Å². The topological polar surface area (TPSA) is 42.4 Å². The van der Waals surface area contributed by atoms with Crippen molar-refractivity contribution in [3.05, 3.63) is 58.6 Å². The van der Waals surface area contributed by atoms with E-state index < -0.39 is 11.9 Å². The van der Waals surface area contributed by atoms with Gasteiger partial charge < -0.3 is 9.84 Å². The summed E-state index contributed by atoms with van der Waals surface area (Å²) in [5.74, 6) is -0.129. The minimum Gasteiger partial charge on any atom is -0.496 e. The van der Waals surface area contributed by atoms with E-state index in [1.165, 1.54) is 19.4 Å². The molecule has 0 spiro atoms. The van der Waals surface area contributed by atoms with Gasteiger partial charge in [0.05, 0.1) is 13.3 Å². The fourth-order valence-electron chi connectivity index (χ4n) is 1.69. The summed E-state index contributed by atoms with van der Waals surface area (Å²) in [7, 11) is 1.47. The van der Waals surface area contributed by atoms with Crippen molar-refractivity contribution in [1.82, 2.24) is 4.98 Å². The predicted molar refractivity (Wildman–Crippen MR) is 66.3 cm³/mol. The minimum absolute atomic E-state index is 0.130. The molecule has 1 atom stereocenters. The molecule has 5 heteroatoms. The van der Waals surface area contributed by atoms with E-state index in [4.69, 9.17) is 16.3 Å². The maximum atomic E-state index is 13.6. The van der Waals surface area contributed by atoms with E-state index in [0.29, 0.717) is 16.3 Å². The molecule has 0 fully saturated rings. The number of hydrogen-bond acceptors (Lipinski definition) is 3. The van der Waals surface area contributed by atoms with Crippen molar-refractivity contribution < 1.29 is 14.2 Å². The quantitative estimate of drug-likeness (QED) is 0.930. The number of rotatable bonds is 3. The molecule has 1 aromatic carbocycles. The second kappa shape index (κ2) is 5.33. The number of halogens is 2. The van der Waals surface area contributed by atoms with Crippen LogP contribution in [0.5, 0.6) is 5.75 Å². The summed E-state index contributed by atoms with van der Waals surface area (Å²) < 4.78 is 18.7. The van der Waals surface area contributed by atoms with Crippen LogP contribution in [0, 0.1) is 5.82 Å². The fourth-order valence-corrected chi connectivity index (χ4v) is 1.87. The van der Waals surface area contributed by atoms with E-state index >= 15 is 0 Å². The van der Waals surface area contributed by atoms with Crippen LogP contribution in [-0.2, 0) is 0 Å². The molecular formula is C13H11ClFNO2. The zero-order valence-electron chi connectivity index (χ0n) is 9.60. The standard InChI is InChI=1S/C13H11ClFNO2/c1-18-12-3-2-8(14)6-10(12)13(17)9-4-5-16-7-11(9)15/h2-7,13,17H,1H3. The third kappa shape index (κ3) is 2.44. The van der Waals surface area contributed by atoms with Crippen molar-refractivity contribution in [3.63, 3.8) is 0 Å². The second-order valence-electron chi connectivity index (χ2n) is 3.69. The number of aliphatic hydroxyl groups excluding tert-OH is 1. The van der Waals surface area contributed by atoms with E-state index in [-0.39, 0.29) is 5.56 Å². The molecule has 94 valence electrons. The summed E-state index contributed by atoms with van der Waals surface area (Å²) in [6, 6.07) is 6.23. The Hall–Kier alpha value is -1.65. The summed E-state index contributed by atoms with van der Waals surface area (Å²) in [5.41, 5.74) is 0.542. The highest BCUT2D eigenvalue weighted by Crippen LogP contribution is 2.32. The van der Waals surface area contributed by atoms with Gasteiger partial charge in [0.15, 0.2) is 0 Å². The van der Waals surface area contributed by atoms with Gasteiger partial charge in [-0.2, -0.15) is 0 Å². The summed E-state index contributed by atoms with van der Waals surface area (Å²) in [6.45, 7) is 0. The highest BCUT2D eigenvalue weighted by atomic mass is 35.5. The normalized spacial score (nSPS) is 12.2. The van der Waals surface area contributed by atoms with Gasteiger partial charge in [-0.3, -0.25) is 4.98 Å². The number of pyridine rings is 1. The maximum Gasteiger partial charge on any atom is 0.147 e. The van der Waals surface area contributed by atoms with Crippen LogP contribution >= 0.6 is 11.6 Å². The lowest BCUT2D eigenvalue weighted by molar-refractivity contribution is 0.209. The van der Waals surface area contributed by atoms with Gasteiger partial charge in [0.25, 0.3) is 0 Å². The van der Waals surface area contributed by atoms with E-state index in [9.17, 15) is 9.50 Å². The van der Waals surface area contributed by atoms with Gasteiger partial charge in [0, 0.05) is 22.3 Å². The molecule has 1 aromatic heterocycles. The molecule has 0 amide bonds. The third-order valence-corrected chi connectivity index (χ3v) is 2.82. The van der Waals surface area contributed by atoms with Crippen molar-refractivity contribution in [2.75, 3.05) is 7.11 Å². The Morgan fingerprint density at radius 2 is 2.11 bits per heavy atom. The van der Waals surface area contributed by atoms with Crippen molar-refractivity contribution in [2.24, 2.45) is 0 Å². The van der Waals surface area contributed by atoms with Gasteiger partial charge in [-0.1, -0.05) is 11.6 Å². The SMILES string of the molecule is COc1ccc(Cl)cc1C(O)c1ccncc1F. The number of nitrogens with zero attached hydrogens (tertiary/aromatic N) is 1. The van der Waals surface area contributed by atoms with E-state index in [1.54, 1.807) is 18.2 Å². The highest BCUT2D eigenvalue weighted by molar-refractivity contribution is 6.30. The number of ether oxygens (including phenoxy) is 1. The molecule has 0 aliphatic heterocycles. The number of aliphatic hydroxyl groups is 1. The van der Waals surface area contributed by atoms with Crippen molar-refractivity contribution in [1.29, 1.82) is 0 Å². The average Bonchev–Trinajstić information content (AvgIpc) is 2.38. The van der Waals surface area contributed by atoms with E-state index in [0.717, 1.165) is 6.20 Å². The van der Waals surface area contributed by atoms with Crippen LogP contribution < -0.4 is 4.74 Å². The Balaban J connectivity index is 2.48. The van der Waals surface area contributed by atoms with Crippen molar-refractivity contribution in [3.8, 4) is 5.75 Å². The zero-order chi connectivity index (χ0) is 13.1. The molecule has 1 heterocycles. The molecule has 0 saturated carbocycles. The van der Waals surface area contributed by atoms with Crippen molar-refractivity contribution >= 4 is 11.6 Å². The zero-order valence-corrected chi connectivity index (χ0v) is 10.4. The highest BCUT2D eigenvalue weighted by Gasteiger charge is 2.19. The van der Waals surface area contributed by atoms with E-state index in [2.05, 4.69) is 4.98 Å². The maximum absolute atomic E-state index is 13.6. The first-order chi connectivity index (χ1) is 8.63. The average molecular weight is 268 g/mol.